The summed E-state index contributed by atoms with van der Waals surface area (Å²) in [5.74, 6) is 0.454. The van der Waals surface area contributed by atoms with Crippen LogP contribution in [0.25, 0.3) is 0 Å². The van der Waals surface area contributed by atoms with Gasteiger partial charge in [0.2, 0.25) is 0 Å². The van der Waals surface area contributed by atoms with Gasteiger partial charge in [0.05, 0.1) is 13.2 Å². The molecule has 0 aromatic carbocycles. The lowest BCUT2D eigenvalue weighted by Crippen LogP contribution is -2.49. The number of hydrogen-bond donors (Lipinski definition) is 1. The zero-order valence-electron chi connectivity index (χ0n) is 13.6. The first kappa shape index (κ1) is 20.6. The maximum Gasteiger partial charge on any atom is 0.325 e. The van der Waals surface area contributed by atoms with Crippen LogP contribution in [0.3, 0.4) is 0 Å². The first-order valence-corrected chi connectivity index (χ1v) is 7.83. The number of nitrogens with zero attached hydrogens (tertiary/aromatic N) is 1. The molecule has 1 rings (SSSR count). The Morgan fingerprint density at radius 3 is 2.71 bits per heavy atom. The Hall–Kier alpha value is -0.360. The molecule has 0 aromatic rings. The third kappa shape index (κ3) is 7.45. The molecule has 0 radical (unpaired) electrons. The van der Waals surface area contributed by atoms with E-state index in [2.05, 4.69) is 17.1 Å². The van der Waals surface area contributed by atoms with Crippen LogP contribution in [0.5, 0.6) is 0 Å². The first-order chi connectivity index (χ1) is 9.72. The summed E-state index contributed by atoms with van der Waals surface area (Å²) in [6.07, 6.45) is 3.48. The molecule has 6 heteroatoms. The molecule has 5 nitrogen and oxygen atoms in total. The van der Waals surface area contributed by atoms with Crippen molar-refractivity contribution in [3.8, 4) is 0 Å². The Labute approximate surface area is 135 Å². The van der Waals surface area contributed by atoms with Crippen molar-refractivity contribution in [2.24, 2.45) is 5.92 Å². The van der Waals surface area contributed by atoms with Crippen LogP contribution in [0.1, 0.15) is 33.1 Å². The largest absolute Gasteiger partial charge is 0.465 e. The second-order valence-corrected chi connectivity index (χ2v) is 5.43. The summed E-state index contributed by atoms with van der Waals surface area (Å²) < 4.78 is 10.4. The zero-order valence-corrected chi connectivity index (χ0v) is 14.4. The van der Waals surface area contributed by atoms with Crippen LogP contribution >= 0.6 is 12.4 Å². The topological polar surface area (TPSA) is 50.8 Å². The van der Waals surface area contributed by atoms with Gasteiger partial charge in [-0.3, -0.25) is 9.69 Å². The molecule has 0 amide bonds. The van der Waals surface area contributed by atoms with E-state index >= 15 is 0 Å². The van der Waals surface area contributed by atoms with Crippen LogP contribution in [-0.2, 0) is 14.3 Å². The van der Waals surface area contributed by atoms with Gasteiger partial charge in [-0.15, -0.1) is 12.4 Å². The lowest BCUT2D eigenvalue weighted by atomic mass is 9.98. The molecule has 1 heterocycles. The highest BCUT2D eigenvalue weighted by Gasteiger charge is 2.29. The van der Waals surface area contributed by atoms with Crippen molar-refractivity contribution in [3.63, 3.8) is 0 Å². The third-order valence-corrected chi connectivity index (χ3v) is 3.73. The predicted molar refractivity (Wildman–Crippen MR) is 87.0 cm³/mol. The van der Waals surface area contributed by atoms with Crippen LogP contribution in [0, 0.1) is 5.92 Å². The van der Waals surface area contributed by atoms with Gasteiger partial charge in [0, 0.05) is 13.7 Å². The molecular formula is C15H31ClN2O3. The van der Waals surface area contributed by atoms with E-state index in [0.29, 0.717) is 19.1 Å². The highest BCUT2D eigenvalue weighted by Crippen LogP contribution is 2.15. The average Bonchev–Trinajstić information content (AvgIpc) is 2.46. The lowest BCUT2D eigenvalue weighted by Gasteiger charge is -2.34. The van der Waals surface area contributed by atoms with Gasteiger partial charge < -0.3 is 14.8 Å². The minimum atomic E-state index is -0.276. The van der Waals surface area contributed by atoms with E-state index in [0.717, 1.165) is 32.6 Å². The molecule has 1 aliphatic rings. The second-order valence-electron chi connectivity index (χ2n) is 5.43. The molecule has 2 unspecified atom stereocenters. The molecule has 1 fully saturated rings. The van der Waals surface area contributed by atoms with Crippen LogP contribution < -0.4 is 5.32 Å². The highest BCUT2D eigenvalue weighted by atomic mass is 35.5. The quantitative estimate of drug-likeness (QED) is 0.655. The van der Waals surface area contributed by atoms with Gasteiger partial charge in [0.1, 0.15) is 6.04 Å². The third-order valence-electron chi connectivity index (χ3n) is 3.73. The number of nitrogens with one attached hydrogen (secondary N) is 1. The van der Waals surface area contributed by atoms with E-state index in [-0.39, 0.29) is 24.4 Å². The number of halogens is 1. The molecule has 0 aromatic heterocycles. The summed E-state index contributed by atoms with van der Waals surface area (Å²) in [5.41, 5.74) is 0. The fourth-order valence-electron chi connectivity index (χ4n) is 2.79. The number of rotatable bonds is 9. The van der Waals surface area contributed by atoms with E-state index in [9.17, 15) is 4.79 Å². The lowest BCUT2D eigenvalue weighted by molar-refractivity contribution is -0.152. The van der Waals surface area contributed by atoms with E-state index in [1.165, 1.54) is 12.8 Å². The standard InChI is InChI=1S/C15H30N2O3.ClH/c1-4-9-17(11-13-7-6-8-16-10-13)14(12-19-3)15(18)20-5-2;/h13-14,16H,4-12H2,1-3H3;1H. The van der Waals surface area contributed by atoms with Crippen molar-refractivity contribution in [1.82, 2.24) is 10.2 Å². The van der Waals surface area contributed by atoms with Crippen LogP contribution in [-0.4, -0.2) is 63.4 Å². The Morgan fingerprint density at radius 1 is 1.43 bits per heavy atom. The monoisotopic (exact) mass is 322 g/mol. The first-order valence-electron chi connectivity index (χ1n) is 7.83. The Balaban J connectivity index is 0.00000400. The van der Waals surface area contributed by atoms with Gasteiger partial charge in [0.15, 0.2) is 0 Å². The number of piperidine rings is 1. The maximum atomic E-state index is 12.1. The average molecular weight is 323 g/mol. The smallest absolute Gasteiger partial charge is 0.325 e. The predicted octanol–water partition coefficient (Wildman–Crippen LogP) is 1.70. The summed E-state index contributed by atoms with van der Waals surface area (Å²) in [4.78, 5) is 14.4. The number of carbonyl (C=O) groups excluding carboxylic acids is 1. The number of carbonyl (C=O) groups is 1. The fraction of sp³-hybridized carbons (Fsp3) is 0.933. The molecule has 0 aliphatic carbocycles. The van der Waals surface area contributed by atoms with Gasteiger partial charge in [-0.05, 0) is 51.7 Å². The summed E-state index contributed by atoms with van der Waals surface area (Å²) in [6.45, 7) is 8.81. The van der Waals surface area contributed by atoms with Crippen LogP contribution in [0.4, 0.5) is 0 Å². The van der Waals surface area contributed by atoms with E-state index in [1.807, 2.05) is 6.92 Å². The fourth-order valence-corrected chi connectivity index (χ4v) is 2.79. The Bertz CT molecular complexity index is 274. The highest BCUT2D eigenvalue weighted by molar-refractivity contribution is 5.85. The molecule has 0 spiro atoms. The second kappa shape index (κ2) is 12.2. The van der Waals surface area contributed by atoms with E-state index in [1.54, 1.807) is 7.11 Å². The van der Waals surface area contributed by atoms with Gasteiger partial charge in [0.25, 0.3) is 0 Å². The molecule has 0 bridgehead atoms. The molecule has 126 valence electrons. The molecule has 1 N–H and O–H groups in total. The van der Waals surface area contributed by atoms with Crippen molar-refractivity contribution in [3.05, 3.63) is 0 Å². The van der Waals surface area contributed by atoms with Crippen LogP contribution in [0.15, 0.2) is 0 Å². The van der Waals surface area contributed by atoms with Gasteiger partial charge in [-0.25, -0.2) is 0 Å². The molecule has 2 atom stereocenters. The molecule has 0 saturated carbocycles. The van der Waals surface area contributed by atoms with E-state index < -0.39 is 0 Å². The molecule has 1 aliphatic heterocycles. The number of ether oxygens (including phenoxy) is 2. The maximum absolute atomic E-state index is 12.1. The number of methoxy groups -OCH3 is 1. The van der Waals surface area contributed by atoms with Crippen molar-refractivity contribution >= 4 is 18.4 Å². The van der Waals surface area contributed by atoms with E-state index in [4.69, 9.17) is 9.47 Å². The molecular weight excluding hydrogens is 292 g/mol. The minimum absolute atomic E-state index is 0. The summed E-state index contributed by atoms with van der Waals surface area (Å²) in [5, 5.41) is 3.43. The van der Waals surface area contributed by atoms with Crippen molar-refractivity contribution in [1.29, 1.82) is 0 Å². The summed E-state index contributed by atoms with van der Waals surface area (Å²) >= 11 is 0. The van der Waals surface area contributed by atoms with Gasteiger partial charge in [-0.1, -0.05) is 6.92 Å². The van der Waals surface area contributed by atoms with Gasteiger partial charge >= 0.3 is 5.97 Å². The minimum Gasteiger partial charge on any atom is -0.465 e. The molecule has 21 heavy (non-hydrogen) atoms. The van der Waals surface area contributed by atoms with Crippen LogP contribution in [0.2, 0.25) is 0 Å². The number of esters is 1. The molecule has 1 saturated heterocycles. The van der Waals surface area contributed by atoms with Crippen molar-refractivity contribution in [2.45, 2.75) is 39.2 Å². The SMILES string of the molecule is CCCN(CC1CCCNC1)C(COC)C(=O)OCC.Cl. The van der Waals surface area contributed by atoms with Crippen molar-refractivity contribution in [2.75, 3.05) is 46.5 Å². The zero-order chi connectivity index (χ0) is 14.8. The van der Waals surface area contributed by atoms with Crippen molar-refractivity contribution < 1.29 is 14.3 Å². The summed E-state index contributed by atoms with van der Waals surface area (Å²) in [7, 11) is 1.64. The number of hydrogen-bond acceptors (Lipinski definition) is 5. The normalized spacial score (nSPS) is 19.9. The Kier molecular flexibility index (Phi) is 12.0. The van der Waals surface area contributed by atoms with Gasteiger partial charge in [-0.2, -0.15) is 0 Å². The Morgan fingerprint density at radius 2 is 2.19 bits per heavy atom. The summed E-state index contributed by atoms with van der Waals surface area (Å²) in [6, 6.07) is -0.276.